The monoisotopic (exact) mass is 336 g/mol. The summed E-state index contributed by atoms with van der Waals surface area (Å²) in [5.74, 6) is 0.249. The third-order valence-corrected chi connectivity index (χ3v) is 6.51. The SMILES string of the molecule is O=C1C(Cl)=C(Cl)C2(O[C@@H]3[C@@H]4C=C[C@@H]3C[C@@H]42)C(Cl)=C1Cl. The van der Waals surface area contributed by atoms with E-state index in [4.69, 9.17) is 51.1 Å². The Morgan fingerprint density at radius 2 is 1.74 bits per heavy atom. The summed E-state index contributed by atoms with van der Waals surface area (Å²) in [4.78, 5) is 11.8. The van der Waals surface area contributed by atoms with Gasteiger partial charge in [-0.1, -0.05) is 58.6 Å². The van der Waals surface area contributed by atoms with Gasteiger partial charge in [0.15, 0.2) is 0 Å². The largest absolute Gasteiger partial charge is 0.359 e. The second kappa shape index (κ2) is 3.80. The minimum absolute atomic E-state index is 0.0645. The fourth-order valence-corrected chi connectivity index (χ4v) is 5.15. The summed E-state index contributed by atoms with van der Waals surface area (Å²) < 4.78 is 6.13. The van der Waals surface area contributed by atoms with E-state index in [0.717, 1.165) is 6.42 Å². The minimum Gasteiger partial charge on any atom is -0.359 e. The van der Waals surface area contributed by atoms with Gasteiger partial charge < -0.3 is 4.74 Å². The summed E-state index contributed by atoms with van der Waals surface area (Å²) in [5, 5.41) is 0.201. The molecular weight excluding hydrogens is 330 g/mol. The number of allylic oxidation sites excluding steroid dienone is 2. The van der Waals surface area contributed by atoms with Gasteiger partial charge in [-0.25, -0.2) is 0 Å². The number of fused-ring (bicyclic) bond motifs is 1. The van der Waals surface area contributed by atoms with E-state index in [2.05, 4.69) is 12.2 Å². The average molecular weight is 338 g/mol. The Bertz CT molecular complexity index is 576. The highest BCUT2D eigenvalue weighted by Crippen LogP contribution is 2.65. The highest BCUT2D eigenvalue weighted by molar-refractivity contribution is 6.61. The lowest BCUT2D eigenvalue weighted by Gasteiger charge is -2.41. The Morgan fingerprint density at radius 3 is 2.26 bits per heavy atom. The Kier molecular flexibility index (Phi) is 2.55. The van der Waals surface area contributed by atoms with Gasteiger partial charge in [0.05, 0.1) is 16.2 Å². The maximum absolute atomic E-state index is 11.8. The summed E-state index contributed by atoms with van der Waals surface area (Å²) in [6.07, 6.45) is 5.31. The molecule has 100 valence electrons. The van der Waals surface area contributed by atoms with Gasteiger partial charge in [0.25, 0.3) is 0 Å². The van der Waals surface area contributed by atoms with Gasteiger partial charge in [0.2, 0.25) is 5.78 Å². The molecule has 6 heteroatoms. The number of ketones is 1. The number of rotatable bonds is 0. The van der Waals surface area contributed by atoms with E-state index < -0.39 is 11.4 Å². The van der Waals surface area contributed by atoms with E-state index >= 15 is 0 Å². The summed E-state index contributed by atoms with van der Waals surface area (Å²) in [7, 11) is 0. The first kappa shape index (κ1) is 12.7. The van der Waals surface area contributed by atoms with Crippen molar-refractivity contribution in [2.45, 2.75) is 18.1 Å². The molecule has 0 aromatic carbocycles. The van der Waals surface area contributed by atoms with Crippen molar-refractivity contribution in [3.05, 3.63) is 32.3 Å². The van der Waals surface area contributed by atoms with Gasteiger partial charge in [-0.2, -0.15) is 0 Å². The molecule has 4 atom stereocenters. The molecule has 2 fully saturated rings. The molecule has 1 aliphatic heterocycles. The van der Waals surface area contributed by atoms with Crippen LogP contribution in [0.25, 0.3) is 0 Å². The molecule has 0 N–H and O–H groups in total. The fourth-order valence-electron chi connectivity index (χ4n) is 3.85. The normalized spacial score (nSPS) is 42.2. The molecular formula is C13H8Cl4O2. The minimum atomic E-state index is -1.01. The molecule has 19 heavy (non-hydrogen) atoms. The molecule has 4 bridgehead atoms. The van der Waals surface area contributed by atoms with Crippen LogP contribution in [0, 0.1) is 17.8 Å². The van der Waals surface area contributed by atoms with Crippen LogP contribution in [0.15, 0.2) is 32.3 Å². The number of halogens is 4. The van der Waals surface area contributed by atoms with Crippen LogP contribution in [0.4, 0.5) is 0 Å². The number of ether oxygens (including phenoxy) is 1. The molecule has 0 unspecified atom stereocenters. The highest BCUT2D eigenvalue weighted by atomic mass is 35.5. The van der Waals surface area contributed by atoms with Crippen molar-refractivity contribution in [3.8, 4) is 0 Å². The molecule has 1 saturated heterocycles. The zero-order valence-electron chi connectivity index (χ0n) is 9.50. The van der Waals surface area contributed by atoms with Gasteiger partial charge in [0, 0.05) is 17.8 Å². The summed E-state index contributed by atoms with van der Waals surface area (Å²) in [6.45, 7) is 0. The second-order valence-electron chi connectivity index (χ2n) is 5.37. The van der Waals surface area contributed by atoms with Crippen LogP contribution in [0.3, 0.4) is 0 Å². The molecule has 3 aliphatic carbocycles. The molecule has 1 saturated carbocycles. The second-order valence-corrected chi connectivity index (χ2v) is 6.88. The van der Waals surface area contributed by atoms with Crippen LogP contribution in [-0.4, -0.2) is 17.5 Å². The molecule has 0 aromatic heterocycles. The van der Waals surface area contributed by atoms with Crippen molar-refractivity contribution in [2.75, 3.05) is 0 Å². The molecule has 0 radical (unpaired) electrons. The maximum atomic E-state index is 11.8. The predicted molar refractivity (Wildman–Crippen MR) is 74.3 cm³/mol. The topological polar surface area (TPSA) is 26.3 Å². The molecule has 1 heterocycles. The van der Waals surface area contributed by atoms with Crippen LogP contribution >= 0.6 is 46.4 Å². The van der Waals surface area contributed by atoms with Gasteiger partial charge >= 0.3 is 0 Å². The Morgan fingerprint density at radius 1 is 1.11 bits per heavy atom. The summed E-state index contributed by atoms with van der Waals surface area (Å²) >= 11 is 24.7. The fraction of sp³-hybridized carbons (Fsp3) is 0.462. The van der Waals surface area contributed by atoms with E-state index in [-0.39, 0.29) is 38.1 Å². The van der Waals surface area contributed by atoms with Gasteiger partial charge in [-0.15, -0.1) is 0 Å². The van der Waals surface area contributed by atoms with Crippen LogP contribution in [-0.2, 0) is 9.53 Å². The number of carbonyl (C=O) groups excluding carboxylic acids is 1. The van der Waals surface area contributed by atoms with Crippen molar-refractivity contribution >= 4 is 52.2 Å². The van der Waals surface area contributed by atoms with Gasteiger partial charge in [-0.3, -0.25) is 4.79 Å². The lowest BCUT2D eigenvalue weighted by molar-refractivity contribution is -0.112. The zero-order chi connectivity index (χ0) is 13.5. The van der Waals surface area contributed by atoms with Crippen LogP contribution < -0.4 is 0 Å². The van der Waals surface area contributed by atoms with Crippen LogP contribution in [0.1, 0.15) is 6.42 Å². The first-order chi connectivity index (χ1) is 8.98. The third-order valence-electron chi connectivity index (χ3n) is 4.65. The van der Waals surface area contributed by atoms with Crippen molar-refractivity contribution in [3.63, 3.8) is 0 Å². The van der Waals surface area contributed by atoms with Crippen molar-refractivity contribution in [1.82, 2.24) is 0 Å². The molecule has 2 nitrogen and oxygen atoms in total. The lowest BCUT2D eigenvalue weighted by atomic mass is 9.76. The van der Waals surface area contributed by atoms with E-state index in [1.165, 1.54) is 0 Å². The Hall–Kier alpha value is 0.01000. The molecule has 0 amide bonds. The predicted octanol–water partition coefficient (Wildman–Crippen LogP) is 3.91. The van der Waals surface area contributed by atoms with Crippen molar-refractivity contribution in [1.29, 1.82) is 0 Å². The van der Waals surface area contributed by atoms with Crippen LogP contribution in [0.2, 0.25) is 0 Å². The Balaban J connectivity index is 1.92. The molecule has 4 rings (SSSR count). The first-order valence-corrected chi connectivity index (χ1v) is 7.52. The maximum Gasteiger partial charge on any atom is 0.218 e. The average Bonchev–Trinajstić information content (AvgIpc) is 3.07. The summed E-state index contributed by atoms with van der Waals surface area (Å²) in [6, 6.07) is 0. The van der Waals surface area contributed by atoms with Crippen molar-refractivity contribution < 1.29 is 9.53 Å². The zero-order valence-corrected chi connectivity index (χ0v) is 12.5. The first-order valence-electron chi connectivity index (χ1n) is 6.01. The van der Waals surface area contributed by atoms with Crippen LogP contribution in [0.5, 0.6) is 0 Å². The van der Waals surface area contributed by atoms with Gasteiger partial charge in [0.1, 0.15) is 15.7 Å². The quantitative estimate of drug-likeness (QED) is 0.626. The lowest BCUT2D eigenvalue weighted by Crippen LogP contribution is -2.45. The summed E-state index contributed by atoms with van der Waals surface area (Å²) in [5.41, 5.74) is -1.01. The highest BCUT2D eigenvalue weighted by Gasteiger charge is 2.67. The Labute approximate surface area is 130 Å². The smallest absolute Gasteiger partial charge is 0.218 e. The number of carbonyl (C=O) groups is 1. The number of Topliss-reactive ketones (excluding diaryl/α,β-unsaturated/α-hetero) is 1. The van der Waals surface area contributed by atoms with Crippen molar-refractivity contribution in [2.24, 2.45) is 17.8 Å². The van der Waals surface area contributed by atoms with Gasteiger partial charge in [-0.05, 0) is 6.42 Å². The van der Waals surface area contributed by atoms with E-state index in [1.54, 1.807) is 0 Å². The van der Waals surface area contributed by atoms with E-state index in [1.807, 2.05) is 0 Å². The number of hydrogen-bond donors (Lipinski definition) is 0. The standard InChI is InChI=1S/C13H8Cl4O2/c14-7-9(18)8(15)12(17)13(11(7)16)6-3-4-1-2-5(6)10(4)19-13/h1-2,4-6,10H,3H2/t4-,5-,6+,10+/m1/s1. The molecule has 0 aromatic rings. The third kappa shape index (κ3) is 1.28. The van der Waals surface area contributed by atoms with E-state index in [9.17, 15) is 4.79 Å². The molecule has 4 aliphatic rings. The van der Waals surface area contributed by atoms with E-state index in [0.29, 0.717) is 5.92 Å². The number of hydrogen-bond acceptors (Lipinski definition) is 2. The molecule has 1 spiro atoms.